The van der Waals surface area contributed by atoms with Gasteiger partial charge in [0.2, 0.25) is 11.8 Å². The highest BCUT2D eigenvalue weighted by Gasteiger charge is 2.64. The summed E-state index contributed by atoms with van der Waals surface area (Å²) < 4.78 is 0. The maximum atomic E-state index is 13.8. The number of nitro groups is 1. The molecular weight excluding hydrogens is 482 g/mol. The fourth-order valence-corrected chi connectivity index (χ4v) is 5.75. The second-order valence-corrected chi connectivity index (χ2v) is 9.43. The number of imide groups is 1. The summed E-state index contributed by atoms with van der Waals surface area (Å²) in [5, 5.41) is 11.6. The van der Waals surface area contributed by atoms with Crippen LogP contribution in [0, 0.1) is 22.0 Å². The third-order valence-corrected chi connectivity index (χ3v) is 7.43. The second kappa shape index (κ2) is 8.13. The Kier molecular flexibility index (Phi) is 5.01. The van der Waals surface area contributed by atoms with Gasteiger partial charge in [-0.15, -0.1) is 0 Å². The van der Waals surface area contributed by atoms with Crippen molar-refractivity contribution < 1.29 is 19.3 Å². The van der Waals surface area contributed by atoms with Crippen LogP contribution in [0.3, 0.4) is 0 Å². The number of ketones is 1. The SMILES string of the molecule is O=C(c1ccc(Cl)cc1)[C@H]1[C@H]2C(=O)N(c3ccc([N+](=O)[O-])cc3)C(=O)[C@@H]2[C@H]2c3ccccc3C=CN21. The summed E-state index contributed by atoms with van der Waals surface area (Å²) in [5.41, 5.74) is 2.28. The molecule has 3 aliphatic rings. The molecule has 3 aromatic rings. The fourth-order valence-electron chi connectivity index (χ4n) is 5.62. The highest BCUT2D eigenvalue weighted by molar-refractivity contribution is 6.30. The minimum Gasteiger partial charge on any atom is -0.358 e. The average Bonchev–Trinajstić information content (AvgIpc) is 3.36. The molecule has 8 nitrogen and oxygen atoms in total. The molecule has 2 saturated heterocycles. The monoisotopic (exact) mass is 499 g/mol. The maximum Gasteiger partial charge on any atom is 0.269 e. The summed E-state index contributed by atoms with van der Waals surface area (Å²) in [4.78, 5) is 54.9. The molecule has 2 amide bonds. The van der Waals surface area contributed by atoms with Gasteiger partial charge in [-0.3, -0.25) is 24.5 Å². The molecule has 3 aromatic carbocycles. The number of carbonyl (C=O) groups excluding carboxylic acids is 3. The van der Waals surface area contributed by atoms with E-state index in [4.69, 9.17) is 11.6 Å². The van der Waals surface area contributed by atoms with Crippen molar-refractivity contribution >= 4 is 46.6 Å². The Morgan fingerprint density at radius 3 is 2.25 bits per heavy atom. The molecule has 178 valence electrons. The Morgan fingerprint density at radius 1 is 0.889 bits per heavy atom. The number of nitrogens with zero attached hydrogens (tertiary/aromatic N) is 3. The van der Waals surface area contributed by atoms with Crippen molar-refractivity contribution in [2.24, 2.45) is 11.8 Å². The molecule has 9 heteroatoms. The van der Waals surface area contributed by atoms with E-state index in [0.717, 1.165) is 16.0 Å². The Bertz CT molecular complexity index is 1470. The molecule has 0 radical (unpaired) electrons. The van der Waals surface area contributed by atoms with Gasteiger partial charge in [-0.05, 0) is 53.6 Å². The zero-order valence-electron chi connectivity index (χ0n) is 18.7. The summed E-state index contributed by atoms with van der Waals surface area (Å²) in [5.74, 6) is -2.91. The zero-order chi connectivity index (χ0) is 25.1. The van der Waals surface area contributed by atoms with E-state index in [-0.39, 0.29) is 17.2 Å². The van der Waals surface area contributed by atoms with Gasteiger partial charge in [0.05, 0.1) is 28.5 Å². The number of Topliss-reactive ketones (excluding diaryl/α,β-unsaturated/α-hetero) is 1. The Hall–Kier alpha value is -4.30. The van der Waals surface area contributed by atoms with Crippen molar-refractivity contribution in [2.45, 2.75) is 12.1 Å². The molecule has 0 aromatic heterocycles. The van der Waals surface area contributed by atoms with Gasteiger partial charge in [0, 0.05) is 28.9 Å². The number of nitro benzene ring substituents is 1. The van der Waals surface area contributed by atoms with Crippen LogP contribution in [-0.4, -0.2) is 33.5 Å². The van der Waals surface area contributed by atoms with Gasteiger partial charge in [-0.1, -0.05) is 35.9 Å². The highest BCUT2D eigenvalue weighted by atomic mass is 35.5. The first kappa shape index (κ1) is 22.2. The number of non-ortho nitro benzene ring substituents is 1. The van der Waals surface area contributed by atoms with Gasteiger partial charge in [0.25, 0.3) is 5.69 Å². The molecule has 0 N–H and O–H groups in total. The van der Waals surface area contributed by atoms with Crippen LogP contribution < -0.4 is 4.90 Å². The Labute approximate surface area is 210 Å². The molecule has 0 saturated carbocycles. The van der Waals surface area contributed by atoms with E-state index in [1.807, 2.05) is 35.2 Å². The standard InChI is InChI=1S/C27H18ClN3O5/c28-17-7-5-16(6-8-17)25(32)24-22-21(23-20-4-2-1-3-15(20)13-14-29(23)24)26(33)30(27(22)34)18-9-11-19(12-10-18)31(35)36/h1-14,21-24H/t21-,22-,23+,24+/m0/s1. The van der Waals surface area contributed by atoms with E-state index in [0.29, 0.717) is 10.6 Å². The van der Waals surface area contributed by atoms with Gasteiger partial charge in [0.15, 0.2) is 5.78 Å². The quantitative estimate of drug-likeness (QED) is 0.224. The van der Waals surface area contributed by atoms with Crippen molar-refractivity contribution in [3.8, 4) is 0 Å². The summed E-state index contributed by atoms with van der Waals surface area (Å²) in [7, 11) is 0. The number of halogens is 1. The van der Waals surface area contributed by atoms with Gasteiger partial charge in [-0.25, -0.2) is 4.90 Å². The molecule has 0 spiro atoms. The van der Waals surface area contributed by atoms with Crippen LogP contribution in [0.15, 0.2) is 79.0 Å². The van der Waals surface area contributed by atoms with Gasteiger partial charge in [-0.2, -0.15) is 0 Å². The highest BCUT2D eigenvalue weighted by Crippen LogP contribution is 2.53. The predicted molar refractivity (Wildman–Crippen MR) is 132 cm³/mol. The lowest BCUT2D eigenvalue weighted by atomic mass is 9.83. The van der Waals surface area contributed by atoms with E-state index in [1.165, 1.54) is 24.3 Å². The average molecular weight is 500 g/mol. The number of hydrogen-bond acceptors (Lipinski definition) is 6. The normalized spacial score (nSPS) is 23.9. The summed E-state index contributed by atoms with van der Waals surface area (Å²) in [6, 6.07) is 18.0. The molecule has 0 bridgehead atoms. The van der Waals surface area contributed by atoms with Crippen molar-refractivity contribution in [3.05, 3.63) is 111 Å². The first-order valence-electron chi connectivity index (χ1n) is 11.3. The van der Waals surface area contributed by atoms with E-state index >= 15 is 0 Å². The van der Waals surface area contributed by atoms with E-state index in [9.17, 15) is 24.5 Å². The Morgan fingerprint density at radius 2 is 1.56 bits per heavy atom. The predicted octanol–water partition coefficient (Wildman–Crippen LogP) is 4.65. The van der Waals surface area contributed by atoms with Crippen LogP contribution >= 0.6 is 11.6 Å². The van der Waals surface area contributed by atoms with Crippen molar-refractivity contribution in [1.29, 1.82) is 0 Å². The first-order chi connectivity index (χ1) is 17.4. The van der Waals surface area contributed by atoms with Crippen LogP contribution in [0.1, 0.15) is 27.5 Å². The molecule has 0 unspecified atom stereocenters. The molecular formula is C27H18ClN3O5. The van der Waals surface area contributed by atoms with Gasteiger partial charge in [0.1, 0.15) is 6.04 Å². The molecule has 3 aliphatic heterocycles. The lowest BCUT2D eigenvalue weighted by molar-refractivity contribution is -0.384. The maximum absolute atomic E-state index is 13.8. The van der Waals surface area contributed by atoms with Crippen LogP contribution in [0.2, 0.25) is 5.02 Å². The van der Waals surface area contributed by atoms with E-state index in [2.05, 4.69) is 0 Å². The third-order valence-electron chi connectivity index (χ3n) is 7.18. The van der Waals surface area contributed by atoms with E-state index in [1.54, 1.807) is 30.5 Å². The van der Waals surface area contributed by atoms with Crippen LogP contribution in [0.25, 0.3) is 6.08 Å². The number of carbonyl (C=O) groups is 3. The number of benzene rings is 3. The van der Waals surface area contributed by atoms with Gasteiger partial charge >= 0.3 is 0 Å². The molecule has 4 atom stereocenters. The summed E-state index contributed by atoms with van der Waals surface area (Å²) in [6.07, 6.45) is 3.68. The van der Waals surface area contributed by atoms with Crippen LogP contribution in [-0.2, 0) is 9.59 Å². The topological polar surface area (TPSA) is 101 Å². The number of amides is 2. The Balaban J connectivity index is 1.47. The van der Waals surface area contributed by atoms with Crippen LogP contribution in [0.4, 0.5) is 11.4 Å². The zero-order valence-corrected chi connectivity index (χ0v) is 19.4. The summed E-state index contributed by atoms with van der Waals surface area (Å²) >= 11 is 6.01. The van der Waals surface area contributed by atoms with Crippen molar-refractivity contribution in [2.75, 3.05) is 4.90 Å². The second-order valence-electron chi connectivity index (χ2n) is 8.99. The molecule has 0 aliphatic carbocycles. The fraction of sp³-hybridized carbons (Fsp3) is 0.148. The summed E-state index contributed by atoms with van der Waals surface area (Å²) in [6.45, 7) is 0. The number of rotatable bonds is 4. The van der Waals surface area contributed by atoms with Crippen molar-refractivity contribution in [3.63, 3.8) is 0 Å². The van der Waals surface area contributed by atoms with E-state index < -0.39 is 40.7 Å². The lowest BCUT2D eigenvalue weighted by Gasteiger charge is -2.35. The van der Waals surface area contributed by atoms with Crippen LogP contribution in [0.5, 0.6) is 0 Å². The van der Waals surface area contributed by atoms with Gasteiger partial charge < -0.3 is 4.90 Å². The third kappa shape index (κ3) is 3.18. The molecule has 36 heavy (non-hydrogen) atoms. The molecule has 6 rings (SSSR count). The molecule has 2 fully saturated rings. The smallest absolute Gasteiger partial charge is 0.269 e. The number of fused-ring (bicyclic) bond motifs is 5. The minimum atomic E-state index is -0.920. The number of hydrogen-bond donors (Lipinski definition) is 0. The largest absolute Gasteiger partial charge is 0.358 e. The van der Waals surface area contributed by atoms with Crippen molar-refractivity contribution in [1.82, 2.24) is 4.90 Å². The number of anilines is 1. The first-order valence-corrected chi connectivity index (χ1v) is 11.7. The molecule has 3 heterocycles. The minimum absolute atomic E-state index is 0.147. The lowest BCUT2D eigenvalue weighted by Crippen LogP contribution is -2.44.